The van der Waals surface area contributed by atoms with Gasteiger partial charge in [-0.15, -0.1) is 17.5 Å². The van der Waals surface area contributed by atoms with E-state index in [9.17, 15) is 4.79 Å². The summed E-state index contributed by atoms with van der Waals surface area (Å²) in [6, 6.07) is -0.268. The van der Waals surface area contributed by atoms with Crippen LogP contribution in [0.4, 0.5) is 0 Å². The minimum absolute atomic E-state index is 0. The van der Waals surface area contributed by atoms with Crippen LogP contribution in [-0.4, -0.2) is 27.8 Å². The fourth-order valence-electron chi connectivity index (χ4n) is 0.765. The van der Waals surface area contributed by atoms with Gasteiger partial charge in [0.2, 0.25) is 0 Å². The van der Waals surface area contributed by atoms with Crippen molar-refractivity contribution in [3.05, 3.63) is 11.6 Å². The number of hydrogen-bond acceptors (Lipinski definition) is 5. The molecule has 3 N–H and O–H groups in total. The molecule has 0 aliphatic rings. The van der Waals surface area contributed by atoms with Crippen LogP contribution in [0.2, 0.25) is 0 Å². The van der Waals surface area contributed by atoms with E-state index in [1.165, 1.54) is 0 Å². The lowest BCUT2D eigenvalue weighted by Gasteiger charge is -1.96. The van der Waals surface area contributed by atoms with Crippen LogP contribution >= 0.6 is 12.4 Å². The third-order valence-electron chi connectivity index (χ3n) is 1.39. The Hall–Kier alpha value is -1.14. The molecule has 7 heteroatoms. The van der Waals surface area contributed by atoms with E-state index in [2.05, 4.69) is 15.2 Å². The van der Waals surface area contributed by atoms with Gasteiger partial charge in [0.1, 0.15) is 5.82 Å². The van der Waals surface area contributed by atoms with Gasteiger partial charge >= 0.3 is 5.97 Å². The molecule has 0 saturated carbocycles. The summed E-state index contributed by atoms with van der Waals surface area (Å²) in [5.74, 6) is -0.0390. The number of carbonyl (C=O) groups excluding carboxylic acids is 1. The average Bonchev–Trinajstić information content (AvgIpc) is 2.52. The second kappa shape index (κ2) is 5.56. The fourth-order valence-corrected chi connectivity index (χ4v) is 0.765. The Kier molecular flexibility index (Phi) is 5.11. The van der Waals surface area contributed by atoms with E-state index >= 15 is 0 Å². The smallest absolute Gasteiger partial charge is 0.378 e. The molecular formula is C7H13ClN4O2. The summed E-state index contributed by atoms with van der Waals surface area (Å²) in [5, 5.41) is 6.22. The number of aromatic amines is 1. The van der Waals surface area contributed by atoms with Gasteiger partial charge in [-0.2, -0.15) is 0 Å². The summed E-state index contributed by atoms with van der Waals surface area (Å²) < 4.78 is 4.70. The maximum atomic E-state index is 11.1. The number of esters is 1. The molecule has 80 valence electrons. The molecule has 1 aromatic rings. The zero-order chi connectivity index (χ0) is 9.84. The van der Waals surface area contributed by atoms with E-state index in [0.717, 1.165) is 0 Å². The minimum atomic E-state index is -0.536. The van der Waals surface area contributed by atoms with Gasteiger partial charge in [0.15, 0.2) is 0 Å². The van der Waals surface area contributed by atoms with Crippen LogP contribution in [0.5, 0.6) is 0 Å². The summed E-state index contributed by atoms with van der Waals surface area (Å²) >= 11 is 0. The first-order chi connectivity index (χ1) is 6.15. The van der Waals surface area contributed by atoms with Gasteiger partial charge in [-0.05, 0) is 13.8 Å². The van der Waals surface area contributed by atoms with Crippen molar-refractivity contribution in [3.63, 3.8) is 0 Å². The summed E-state index contributed by atoms with van der Waals surface area (Å²) in [5.41, 5.74) is 5.52. The van der Waals surface area contributed by atoms with Crippen LogP contribution < -0.4 is 5.73 Å². The summed E-state index contributed by atoms with van der Waals surface area (Å²) in [6.07, 6.45) is 0. The highest BCUT2D eigenvalue weighted by atomic mass is 35.5. The zero-order valence-corrected chi connectivity index (χ0v) is 8.80. The van der Waals surface area contributed by atoms with E-state index in [0.29, 0.717) is 12.4 Å². The van der Waals surface area contributed by atoms with Gasteiger partial charge in [0, 0.05) is 0 Å². The number of carbonyl (C=O) groups is 1. The van der Waals surface area contributed by atoms with E-state index in [4.69, 9.17) is 10.5 Å². The highest BCUT2D eigenvalue weighted by Gasteiger charge is 2.14. The molecule has 6 nitrogen and oxygen atoms in total. The van der Waals surface area contributed by atoms with Gasteiger partial charge in [-0.25, -0.2) is 9.78 Å². The number of H-pyrrole nitrogens is 1. The third kappa shape index (κ3) is 2.97. The van der Waals surface area contributed by atoms with Crippen molar-refractivity contribution in [2.75, 3.05) is 6.61 Å². The Labute approximate surface area is 87.6 Å². The summed E-state index contributed by atoms with van der Waals surface area (Å²) in [7, 11) is 0. The molecule has 0 aromatic carbocycles. The molecule has 1 rings (SSSR count). The highest BCUT2D eigenvalue weighted by molar-refractivity contribution is 5.85. The first kappa shape index (κ1) is 12.9. The number of nitrogens with zero attached hydrogens (tertiary/aromatic N) is 2. The lowest BCUT2D eigenvalue weighted by Crippen LogP contribution is -2.09. The first-order valence-electron chi connectivity index (χ1n) is 4.00. The van der Waals surface area contributed by atoms with Crippen molar-refractivity contribution < 1.29 is 9.53 Å². The van der Waals surface area contributed by atoms with Crippen LogP contribution in [0.15, 0.2) is 0 Å². The number of ether oxygens (including phenoxy) is 1. The number of rotatable bonds is 3. The number of halogens is 1. The molecule has 0 radical (unpaired) electrons. The van der Waals surface area contributed by atoms with Crippen molar-refractivity contribution in [2.24, 2.45) is 5.73 Å². The fraction of sp³-hybridized carbons (Fsp3) is 0.571. The predicted octanol–water partition coefficient (Wildman–Crippen LogP) is 0.423. The lowest BCUT2D eigenvalue weighted by atomic mass is 10.3. The number of hydrogen-bond donors (Lipinski definition) is 2. The molecule has 1 heterocycles. The molecule has 14 heavy (non-hydrogen) atoms. The predicted molar refractivity (Wildman–Crippen MR) is 52.2 cm³/mol. The standard InChI is InChI=1S/C7H12N4O2.ClH/c1-3-13-7(12)6-9-5(4(2)8)10-11-6;/h4H,3,8H2,1-2H3,(H,9,10,11);1H. The normalized spacial score (nSPS) is 11.6. The molecule has 0 aliphatic carbocycles. The van der Waals surface area contributed by atoms with E-state index in [1.54, 1.807) is 13.8 Å². The quantitative estimate of drug-likeness (QED) is 0.721. The third-order valence-corrected chi connectivity index (χ3v) is 1.39. The van der Waals surface area contributed by atoms with Gasteiger partial charge in [0.25, 0.3) is 5.82 Å². The molecule has 0 amide bonds. The van der Waals surface area contributed by atoms with E-state index < -0.39 is 5.97 Å². The Bertz CT molecular complexity index is 300. The molecule has 1 unspecified atom stereocenters. The molecule has 0 fully saturated rings. The Balaban J connectivity index is 0.00000169. The summed E-state index contributed by atoms with van der Waals surface area (Å²) in [4.78, 5) is 14.9. The van der Waals surface area contributed by atoms with Crippen LogP contribution in [0, 0.1) is 0 Å². The zero-order valence-electron chi connectivity index (χ0n) is 7.98. The molecule has 0 aliphatic heterocycles. The van der Waals surface area contributed by atoms with Gasteiger partial charge in [-0.1, -0.05) is 0 Å². The maximum absolute atomic E-state index is 11.1. The second-order valence-corrected chi connectivity index (χ2v) is 2.55. The highest BCUT2D eigenvalue weighted by Crippen LogP contribution is 2.02. The molecule has 1 atom stereocenters. The Morgan fingerprint density at radius 3 is 2.79 bits per heavy atom. The van der Waals surface area contributed by atoms with Crippen molar-refractivity contribution in [1.29, 1.82) is 0 Å². The minimum Gasteiger partial charge on any atom is -0.460 e. The molecular weight excluding hydrogens is 208 g/mol. The van der Waals surface area contributed by atoms with Gasteiger partial charge < -0.3 is 10.5 Å². The molecule has 0 bridgehead atoms. The largest absolute Gasteiger partial charge is 0.460 e. The molecule has 1 aromatic heterocycles. The number of nitrogens with two attached hydrogens (primary N) is 1. The van der Waals surface area contributed by atoms with Crippen LogP contribution in [0.3, 0.4) is 0 Å². The van der Waals surface area contributed by atoms with Crippen molar-refractivity contribution in [2.45, 2.75) is 19.9 Å². The van der Waals surface area contributed by atoms with Gasteiger partial charge in [0.05, 0.1) is 12.6 Å². The van der Waals surface area contributed by atoms with Crippen molar-refractivity contribution >= 4 is 18.4 Å². The summed E-state index contributed by atoms with van der Waals surface area (Å²) in [6.45, 7) is 3.77. The number of aromatic nitrogens is 3. The van der Waals surface area contributed by atoms with Gasteiger partial charge in [-0.3, -0.25) is 5.10 Å². The van der Waals surface area contributed by atoms with E-state index in [1.807, 2.05) is 0 Å². The monoisotopic (exact) mass is 220 g/mol. The maximum Gasteiger partial charge on any atom is 0.378 e. The Morgan fingerprint density at radius 2 is 2.36 bits per heavy atom. The lowest BCUT2D eigenvalue weighted by molar-refractivity contribution is 0.0512. The second-order valence-electron chi connectivity index (χ2n) is 2.55. The molecule has 0 saturated heterocycles. The SMILES string of the molecule is CCOC(=O)c1n[nH]c(C(C)N)n1.Cl. The van der Waals surface area contributed by atoms with Crippen LogP contribution in [0.1, 0.15) is 36.3 Å². The Morgan fingerprint density at radius 1 is 1.71 bits per heavy atom. The average molecular weight is 221 g/mol. The van der Waals surface area contributed by atoms with Crippen LogP contribution in [0.25, 0.3) is 0 Å². The molecule has 0 spiro atoms. The van der Waals surface area contributed by atoms with Crippen LogP contribution in [-0.2, 0) is 4.74 Å². The topological polar surface area (TPSA) is 93.9 Å². The first-order valence-corrected chi connectivity index (χ1v) is 4.00. The van der Waals surface area contributed by atoms with Crippen molar-refractivity contribution in [3.8, 4) is 0 Å². The number of nitrogens with one attached hydrogen (secondary N) is 1. The van der Waals surface area contributed by atoms with E-state index in [-0.39, 0.29) is 24.3 Å². The van der Waals surface area contributed by atoms with Crippen molar-refractivity contribution in [1.82, 2.24) is 15.2 Å².